The fraction of sp³-hybridized carbons (Fsp3) is 0.360. The number of aryl methyl sites for hydroxylation is 2. The first kappa shape index (κ1) is 21.0. The lowest BCUT2D eigenvalue weighted by Gasteiger charge is -2.26. The number of rotatable bonds is 7. The molecular weight excluding hydrogens is 388 g/mol. The van der Waals surface area contributed by atoms with E-state index in [1.54, 1.807) is 12.4 Å². The van der Waals surface area contributed by atoms with Gasteiger partial charge in [0.1, 0.15) is 11.6 Å². The van der Waals surface area contributed by atoms with Crippen LogP contribution in [0, 0.1) is 6.92 Å². The Bertz CT molecular complexity index is 1020. The number of ether oxygens (including phenoxy) is 1. The lowest BCUT2D eigenvalue weighted by atomic mass is 10.00. The summed E-state index contributed by atoms with van der Waals surface area (Å²) in [5.41, 5.74) is 4.08. The molecule has 1 aliphatic heterocycles. The number of nitrogens with zero attached hydrogens (tertiary/aromatic N) is 4. The molecule has 6 nitrogen and oxygen atoms in total. The molecule has 1 aliphatic rings. The number of likely N-dealkylation sites (tertiary alicyclic amines) is 1. The SMILES string of the molecule is CCOc1ccc(CCC(=O)N2CCC[C@H]2c2nc(C)ncc2-c2ccncc2)cc1. The van der Waals surface area contributed by atoms with Gasteiger partial charge in [-0.2, -0.15) is 0 Å². The summed E-state index contributed by atoms with van der Waals surface area (Å²) in [6.07, 6.45) is 8.52. The second kappa shape index (κ2) is 9.69. The van der Waals surface area contributed by atoms with Crippen molar-refractivity contribution in [1.29, 1.82) is 0 Å². The number of hydrogen-bond donors (Lipinski definition) is 0. The van der Waals surface area contributed by atoms with E-state index in [-0.39, 0.29) is 11.9 Å². The maximum absolute atomic E-state index is 13.2. The van der Waals surface area contributed by atoms with E-state index in [2.05, 4.69) is 9.97 Å². The first-order chi connectivity index (χ1) is 15.2. The Kier molecular flexibility index (Phi) is 6.55. The molecule has 1 fully saturated rings. The molecule has 3 aromatic rings. The first-order valence-corrected chi connectivity index (χ1v) is 10.9. The van der Waals surface area contributed by atoms with Crippen LogP contribution in [0.5, 0.6) is 5.75 Å². The topological polar surface area (TPSA) is 68.2 Å². The zero-order valence-electron chi connectivity index (χ0n) is 18.1. The van der Waals surface area contributed by atoms with Crippen molar-refractivity contribution in [3.05, 3.63) is 72.1 Å². The molecule has 0 bridgehead atoms. The highest BCUT2D eigenvalue weighted by molar-refractivity contribution is 5.78. The summed E-state index contributed by atoms with van der Waals surface area (Å²) in [6.45, 7) is 5.29. The predicted octanol–water partition coefficient (Wildman–Crippen LogP) is 4.54. The van der Waals surface area contributed by atoms with Crippen molar-refractivity contribution >= 4 is 5.91 Å². The Morgan fingerprint density at radius 1 is 1.16 bits per heavy atom. The van der Waals surface area contributed by atoms with Crippen LogP contribution >= 0.6 is 0 Å². The predicted molar refractivity (Wildman–Crippen MR) is 120 cm³/mol. The molecule has 160 valence electrons. The molecule has 4 rings (SSSR count). The van der Waals surface area contributed by atoms with Crippen LogP contribution in [0.2, 0.25) is 0 Å². The monoisotopic (exact) mass is 416 g/mol. The third-order valence-corrected chi connectivity index (χ3v) is 5.68. The fourth-order valence-electron chi connectivity index (χ4n) is 4.16. The van der Waals surface area contributed by atoms with Crippen molar-refractivity contribution in [1.82, 2.24) is 19.9 Å². The largest absolute Gasteiger partial charge is 0.494 e. The van der Waals surface area contributed by atoms with E-state index in [1.807, 2.05) is 61.3 Å². The summed E-state index contributed by atoms with van der Waals surface area (Å²) in [6, 6.07) is 11.9. The normalized spacial score (nSPS) is 15.8. The molecule has 0 aliphatic carbocycles. The summed E-state index contributed by atoms with van der Waals surface area (Å²) in [5, 5.41) is 0. The molecule has 0 saturated carbocycles. The summed E-state index contributed by atoms with van der Waals surface area (Å²) in [5.74, 6) is 1.76. The van der Waals surface area contributed by atoms with Gasteiger partial charge < -0.3 is 9.64 Å². The van der Waals surface area contributed by atoms with Crippen LogP contribution in [-0.2, 0) is 11.2 Å². The maximum atomic E-state index is 13.2. The molecule has 0 spiro atoms. The average molecular weight is 417 g/mol. The Hall–Kier alpha value is -3.28. The lowest BCUT2D eigenvalue weighted by molar-refractivity contribution is -0.132. The molecule has 3 heterocycles. The molecule has 0 unspecified atom stereocenters. The second-order valence-corrected chi connectivity index (χ2v) is 7.77. The highest BCUT2D eigenvalue weighted by Crippen LogP contribution is 2.36. The summed E-state index contributed by atoms with van der Waals surface area (Å²) in [7, 11) is 0. The van der Waals surface area contributed by atoms with E-state index in [9.17, 15) is 4.79 Å². The number of carbonyl (C=O) groups is 1. The van der Waals surface area contributed by atoms with Gasteiger partial charge in [0.2, 0.25) is 5.91 Å². The van der Waals surface area contributed by atoms with Crippen molar-refractivity contribution in [2.75, 3.05) is 13.2 Å². The van der Waals surface area contributed by atoms with E-state index in [1.165, 1.54) is 0 Å². The molecule has 1 aromatic carbocycles. The minimum Gasteiger partial charge on any atom is -0.494 e. The van der Waals surface area contributed by atoms with E-state index >= 15 is 0 Å². The van der Waals surface area contributed by atoms with Gasteiger partial charge in [-0.05, 0) is 68.5 Å². The Morgan fingerprint density at radius 2 is 1.94 bits per heavy atom. The zero-order chi connectivity index (χ0) is 21.6. The van der Waals surface area contributed by atoms with Crippen molar-refractivity contribution in [3.63, 3.8) is 0 Å². The number of aromatic nitrogens is 3. The van der Waals surface area contributed by atoms with E-state index in [0.29, 0.717) is 19.4 Å². The Balaban J connectivity index is 1.50. The summed E-state index contributed by atoms with van der Waals surface area (Å²) < 4.78 is 5.50. The number of amides is 1. The standard InChI is InChI=1S/C25H28N4O2/c1-3-31-21-9-6-19(7-10-21)8-11-24(30)29-16-4-5-23(29)25-22(17-27-18(2)28-25)20-12-14-26-15-13-20/h6-7,9-10,12-15,17,23H,3-5,8,11,16H2,1-2H3/t23-/m0/s1. The summed E-state index contributed by atoms with van der Waals surface area (Å²) >= 11 is 0. The van der Waals surface area contributed by atoms with E-state index in [4.69, 9.17) is 9.72 Å². The minimum atomic E-state index is -0.0160. The molecule has 1 amide bonds. The molecule has 1 atom stereocenters. The quantitative estimate of drug-likeness (QED) is 0.566. The molecule has 6 heteroatoms. The minimum absolute atomic E-state index is 0.0160. The number of carbonyl (C=O) groups excluding carboxylic acids is 1. The number of pyridine rings is 1. The molecule has 1 saturated heterocycles. The van der Waals surface area contributed by atoms with Crippen LogP contribution in [0.4, 0.5) is 0 Å². The van der Waals surface area contributed by atoms with Gasteiger partial charge >= 0.3 is 0 Å². The van der Waals surface area contributed by atoms with Gasteiger partial charge in [-0.15, -0.1) is 0 Å². The molecule has 31 heavy (non-hydrogen) atoms. The zero-order valence-corrected chi connectivity index (χ0v) is 18.1. The second-order valence-electron chi connectivity index (χ2n) is 7.77. The van der Waals surface area contributed by atoms with Crippen molar-refractivity contribution < 1.29 is 9.53 Å². The highest BCUT2D eigenvalue weighted by atomic mass is 16.5. The van der Waals surface area contributed by atoms with E-state index in [0.717, 1.165) is 53.3 Å². The lowest BCUT2D eigenvalue weighted by Crippen LogP contribution is -2.31. The molecule has 0 N–H and O–H groups in total. The van der Waals surface area contributed by atoms with Gasteiger partial charge in [-0.1, -0.05) is 12.1 Å². The van der Waals surface area contributed by atoms with Gasteiger partial charge in [0, 0.05) is 37.1 Å². The molecular formula is C25H28N4O2. The third-order valence-electron chi connectivity index (χ3n) is 5.68. The van der Waals surface area contributed by atoms with Crippen LogP contribution in [-0.4, -0.2) is 38.9 Å². The third kappa shape index (κ3) is 4.90. The average Bonchev–Trinajstić information content (AvgIpc) is 3.29. The van der Waals surface area contributed by atoms with Crippen LogP contribution in [0.1, 0.15) is 49.3 Å². The number of benzene rings is 1. The van der Waals surface area contributed by atoms with Crippen molar-refractivity contribution in [2.45, 2.75) is 45.6 Å². The first-order valence-electron chi connectivity index (χ1n) is 10.9. The van der Waals surface area contributed by atoms with Crippen LogP contribution in [0.3, 0.4) is 0 Å². The van der Waals surface area contributed by atoms with Gasteiger partial charge in [0.25, 0.3) is 0 Å². The maximum Gasteiger partial charge on any atom is 0.223 e. The summed E-state index contributed by atoms with van der Waals surface area (Å²) in [4.78, 5) is 28.4. The van der Waals surface area contributed by atoms with Gasteiger partial charge in [-0.3, -0.25) is 9.78 Å². The smallest absolute Gasteiger partial charge is 0.223 e. The van der Waals surface area contributed by atoms with Gasteiger partial charge in [0.15, 0.2) is 0 Å². The van der Waals surface area contributed by atoms with Gasteiger partial charge in [0.05, 0.1) is 18.3 Å². The van der Waals surface area contributed by atoms with Crippen LogP contribution in [0.25, 0.3) is 11.1 Å². The van der Waals surface area contributed by atoms with Crippen molar-refractivity contribution in [2.24, 2.45) is 0 Å². The van der Waals surface area contributed by atoms with Crippen molar-refractivity contribution in [3.8, 4) is 16.9 Å². The fourth-order valence-corrected chi connectivity index (χ4v) is 4.16. The molecule has 2 aromatic heterocycles. The van der Waals surface area contributed by atoms with Crippen LogP contribution in [0.15, 0.2) is 55.0 Å². The highest BCUT2D eigenvalue weighted by Gasteiger charge is 2.32. The molecule has 0 radical (unpaired) electrons. The van der Waals surface area contributed by atoms with Crippen LogP contribution < -0.4 is 4.74 Å². The number of hydrogen-bond acceptors (Lipinski definition) is 5. The Morgan fingerprint density at radius 3 is 2.68 bits per heavy atom. The Labute approximate surface area is 183 Å². The van der Waals surface area contributed by atoms with Gasteiger partial charge in [-0.25, -0.2) is 9.97 Å². The van der Waals surface area contributed by atoms with E-state index < -0.39 is 0 Å².